The number of aromatic carboxylic acids is 1. The van der Waals surface area contributed by atoms with Crippen molar-refractivity contribution >= 4 is 16.0 Å². The van der Waals surface area contributed by atoms with Crippen LogP contribution in [0.2, 0.25) is 0 Å². The molecule has 0 bridgehead atoms. The summed E-state index contributed by atoms with van der Waals surface area (Å²) in [5, 5.41) is 9.06. The molecule has 0 amide bonds. The molecule has 0 unspecified atom stereocenters. The maximum absolute atomic E-state index is 12.1. The zero-order valence-corrected chi connectivity index (χ0v) is 11.7. The van der Waals surface area contributed by atoms with Gasteiger partial charge in [-0.25, -0.2) is 17.9 Å². The monoisotopic (exact) mass is 285 g/mol. The second kappa shape index (κ2) is 5.91. The topological polar surface area (TPSA) is 96.6 Å². The van der Waals surface area contributed by atoms with E-state index in [2.05, 4.69) is 16.6 Å². The fourth-order valence-electron chi connectivity index (χ4n) is 1.68. The lowest BCUT2D eigenvalue weighted by Crippen LogP contribution is -2.26. The van der Waals surface area contributed by atoms with Gasteiger partial charge in [0, 0.05) is 13.0 Å². The highest BCUT2D eigenvalue weighted by Crippen LogP contribution is 2.26. The fraction of sp³-hybridized carbons (Fsp3) is 0.417. The summed E-state index contributed by atoms with van der Waals surface area (Å²) in [7, 11) is -3.92. The molecule has 0 fully saturated rings. The van der Waals surface area contributed by atoms with Gasteiger partial charge in [0.2, 0.25) is 10.0 Å². The van der Waals surface area contributed by atoms with Crippen LogP contribution in [0, 0.1) is 25.7 Å². The lowest BCUT2D eigenvalue weighted by Gasteiger charge is -2.05. The summed E-state index contributed by atoms with van der Waals surface area (Å²) in [4.78, 5) is 10.8. The average molecular weight is 285 g/mol. The van der Waals surface area contributed by atoms with Gasteiger partial charge in [0.1, 0.15) is 22.0 Å². The van der Waals surface area contributed by atoms with Gasteiger partial charge in [-0.1, -0.05) is 0 Å². The first kappa shape index (κ1) is 15.3. The molecule has 0 saturated carbocycles. The van der Waals surface area contributed by atoms with E-state index in [0.717, 1.165) is 0 Å². The summed E-state index contributed by atoms with van der Waals surface area (Å²) in [6.45, 7) is 4.60. The molecule has 0 atom stereocenters. The Bertz CT molecular complexity index is 646. The number of hydrogen-bond donors (Lipinski definition) is 2. The van der Waals surface area contributed by atoms with Crippen LogP contribution < -0.4 is 4.72 Å². The molecule has 1 aromatic heterocycles. The van der Waals surface area contributed by atoms with Crippen molar-refractivity contribution in [2.24, 2.45) is 0 Å². The lowest BCUT2D eigenvalue weighted by atomic mass is 10.2. The molecule has 7 heteroatoms. The maximum atomic E-state index is 12.1. The zero-order valence-electron chi connectivity index (χ0n) is 10.9. The molecule has 1 aromatic rings. The smallest absolute Gasteiger partial charge is 0.340 e. The van der Waals surface area contributed by atoms with Gasteiger partial charge >= 0.3 is 5.97 Å². The summed E-state index contributed by atoms with van der Waals surface area (Å²) in [5.74, 6) is 4.15. The minimum atomic E-state index is -3.92. The number of aryl methyl sites for hydroxylation is 2. The number of carbonyl (C=O) groups is 1. The van der Waals surface area contributed by atoms with Gasteiger partial charge < -0.3 is 9.52 Å². The molecule has 19 heavy (non-hydrogen) atoms. The van der Waals surface area contributed by atoms with Crippen LogP contribution in [0.4, 0.5) is 0 Å². The Hall–Kier alpha value is -1.78. The number of carboxylic acids is 1. The van der Waals surface area contributed by atoms with E-state index in [9.17, 15) is 13.2 Å². The van der Waals surface area contributed by atoms with E-state index in [1.54, 1.807) is 6.92 Å². The SMILES string of the molecule is CC#CCCNS(=O)(=O)c1c(C)oc(C)c1C(=O)O. The molecule has 0 aliphatic carbocycles. The molecule has 0 saturated heterocycles. The molecule has 1 rings (SSSR count). The highest BCUT2D eigenvalue weighted by Gasteiger charge is 2.30. The van der Waals surface area contributed by atoms with Crippen molar-refractivity contribution in [2.45, 2.75) is 32.1 Å². The molecule has 0 spiro atoms. The second-order valence-corrected chi connectivity index (χ2v) is 5.50. The van der Waals surface area contributed by atoms with Crippen molar-refractivity contribution in [3.63, 3.8) is 0 Å². The predicted octanol–water partition coefficient (Wildman–Crippen LogP) is 1.29. The van der Waals surface area contributed by atoms with Gasteiger partial charge in [-0.3, -0.25) is 0 Å². The summed E-state index contributed by atoms with van der Waals surface area (Å²) in [6, 6.07) is 0. The molecule has 0 aromatic carbocycles. The average Bonchev–Trinajstić information content (AvgIpc) is 2.60. The highest BCUT2D eigenvalue weighted by molar-refractivity contribution is 7.89. The fourth-order valence-corrected chi connectivity index (χ4v) is 3.11. The van der Waals surface area contributed by atoms with E-state index >= 15 is 0 Å². The minimum absolute atomic E-state index is 0.0592. The molecule has 0 aliphatic rings. The first-order valence-electron chi connectivity index (χ1n) is 5.53. The van der Waals surface area contributed by atoms with Crippen molar-refractivity contribution in [3.8, 4) is 11.8 Å². The van der Waals surface area contributed by atoms with E-state index in [0.29, 0.717) is 6.42 Å². The van der Waals surface area contributed by atoms with Crippen molar-refractivity contribution < 1.29 is 22.7 Å². The van der Waals surface area contributed by atoms with Crippen molar-refractivity contribution in [1.29, 1.82) is 0 Å². The van der Waals surface area contributed by atoms with Gasteiger partial charge in [-0.15, -0.1) is 11.8 Å². The standard InChI is InChI=1S/C12H15NO5S/c1-4-5-6-7-13-19(16,17)11-9(3)18-8(2)10(11)12(14)15/h13H,6-7H2,1-3H3,(H,14,15). The molecular formula is C12H15NO5S. The second-order valence-electron chi connectivity index (χ2n) is 3.80. The van der Waals surface area contributed by atoms with E-state index < -0.39 is 16.0 Å². The Morgan fingerprint density at radius 3 is 2.53 bits per heavy atom. The zero-order chi connectivity index (χ0) is 14.6. The summed E-state index contributed by atoms with van der Waals surface area (Å²) >= 11 is 0. The normalized spacial score (nSPS) is 10.9. The first-order chi connectivity index (χ1) is 8.81. The third kappa shape index (κ3) is 3.36. The van der Waals surface area contributed by atoms with Gasteiger partial charge in [0.05, 0.1) is 0 Å². The number of carboxylic acid groups (broad SMARTS) is 1. The van der Waals surface area contributed by atoms with Crippen LogP contribution in [0.3, 0.4) is 0 Å². The Balaban J connectivity index is 3.13. The molecular weight excluding hydrogens is 270 g/mol. The van der Waals surface area contributed by atoms with Crippen LogP contribution in [-0.2, 0) is 10.0 Å². The largest absolute Gasteiger partial charge is 0.478 e. The van der Waals surface area contributed by atoms with Crippen LogP contribution in [0.15, 0.2) is 9.31 Å². The summed E-state index contributed by atoms with van der Waals surface area (Å²) < 4.78 is 31.5. The number of furan rings is 1. The van der Waals surface area contributed by atoms with Gasteiger partial charge in [-0.2, -0.15) is 0 Å². The Labute approximate surface area is 111 Å². The number of sulfonamides is 1. The summed E-state index contributed by atoms with van der Waals surface area (Å²) in [5.41, 5.74) is -0.327. The third-order valence-corrected chi connectivity index (χ3v) is 4.02. The molecule has 0 aliphatic heterocycles. The minimum Gasteiger partial charge on any atom is -0.478 e. The van der Waals surface area contributed by atoms with Gasteiger partial charge in [-0.05, 0) is 20.8 Å². The van der Waals surface area contributed by atoms with Crippen molar-refractivity contribution in [3.05, 3.63) is 17.1 Å². The van der Waals surface area contributed by atoms with Crippen LogP contribution in [-0.4, -0.2) is 26.0 Å². The van der Waals surface area contributed by atoms with Gasteiger partial charge in [0.25, 0.3) is 0 Å². The third-order valence-electron chi connectivity index (χ3n) is 2.41. The Kier molecular flexibility index (Phi) is 4.75. The Morgan fingerprint density at radius 1 is 1.37 bits per heavy atom. The lowest BCUT2D eigenvalue weighted by molar-refractivity contribution is 0.0691. The van der Waals surface area contributed by atoms with Crippen LogP contribution in [0.5, 0.6) is 0 Å². The molecule has 104 valence electrons. The number of rotatable bonds is 5. The summed E-state index contributed by atoms with van der Waals surface area (Å²) in [6.07, 6.45) is 0.355. The molecule has 1 heterocycles. The van der Waals surface area contributed by atoms with E-state index in [4.69, 9.17) is 9.52 Å². The molecule has 0 radical (unpaired) electrons. The molecule has 6 nitrogen and oxygen atoms in total. The van der Waals surface area contributed by atoms with Crippen molar-refractivity contribution in [2.75, 3.05) is 6.54 Å². The Morgan fingerprint density at radius 2 is 2.00 bits per heavy atom. The van der Waals surface area contributed by atoms with E-state index in [1.165, 1.54) is 13.8 Å². The van der Waals surface area contributed by atoms with Crippen LogP contribution in [0.1, 0.15) is 35.2 Å². The number of nitrogens with one attached hydrogen (secondary N) is 1. The number of hydrogen-bond acceptors (Lipinski definition) is 4. The van der Waals surface area contributed by atoms with E-state index in [-0.39, 0.29) is 28.5 Å². The van der Waals surface area contributed by atoms with E-state index in [1.807, 2.05) is 0 Å². The first-order valence-corrected chi connectivity index (χ1v) is 7.02. The van der Waals surface area contributed by atoms with Gasteiger partial charge in [0.15, 0.2) is 0 Å². The highest BCUT2D eigenvalue weighted by atomic mass is 32.2. The quantitative estimate of drug-likeness (QED) is 0.627. The van der Waals surface area contributed by atoms with Crippen molar-refractivity contribution in [1.82, 2.24) is 4.72 Å². The predicted molar refractivity (Wildman–Crippen MR) is 68.4 cm³/mol. The maximum Gasteiger partial charge on any atom is 0.340 e. The van der Waals surface area contributed by atoms with Crippen LogP contribution >= 0.6 is 0 Å². The molecule has 2 N–H and O–H groups in total. The van der Waals surface area contributed by atoms with Crippen LogP contribution in [0.25, 0.3) is 0 Å².